The van der Waals surface area contributed by atoms with Crippen LogP contribution >= 0.6 is 0 Å². The standard InChI is InChI=1S/C16H26N2O2S/c1-3-15(17)12-14-11-13(2)5-6-16(14)18-7-4-9-21(19,20)10-8-18/h5-6,11,15H,3-4,7-10,12,17H2,1-2H3. The Kier molecular flexibility index (Phi) is 5.27. The lowest BCUT2D eigenvalue weighted by atomic mass is 10.00. The highest BCUT2D eigenvalue weighted by Gasteiger charge is 2.21. The average molecular weight is 310 g/mol. The van der Waals surface area contributed by atoms with Gasteiger partial charge in [0.1, 0.15) is 0 Å². The molecule has 1 unspecified atom stereocenters. The molecule has 21 heavy (non-hydrogen) atoms. The maximum atomic E-state index is 11.8. The quantitative estimate of drug-likeness (QED) is 0.922. The number of sulfone groups is 1. The predicted molar refractivity (Wildman–Crippen MR) is 88.6 cm³/mol. The van der Waals surface area contributed by atoms with Crippen molar-refractivity contribution in [3.8, 4) is 0 Å². The molecular formula is C16H26N2O2S. The van der Waals surface area contributed by atoms with Gasteiger partial charge in [-0.25, -0.2) is 8.42 Å². The van der Waals surface area contributed by atoms with Crippen molar-refractivity contribution < 1.29 is 8.42 Å². The molecule has 0 spiro atoms. The monoisotopic (exact) mass is 310 g/mol. The van der Waals surface area contributed by atoms with E-state index in [-0.39, 0.29) is 11.8 Å². The molecule has 118 valence electrons. The minimum atomic E-state index is -2.88. The maximum absolute atomic E-state index is 11.8. The van der Waals surface area contributed by atoms with E-state index >= 15 is 0 Å². The molecule has 0 radical (unpaired) electrons. The van der Waals surface area contributed by atoms with Gasteiger partial charge in [-0.3, -0.25) is 0 Å². The van der Waals surface area contributed by atoms with Crippen molar-refractivity contribution in [3.05, 3.63) is 29.3 Å². The summed E-state index contributed by atoms with van der Waals surface area (Å²) in [5, 5.41) is 0. The van der Waals surface area contributed by atoms with Crippen molar-refractivity contribution in [2.75, 3.05) is 29.5 Å². The van der Waals surface area contributed by atoms with Crippen LogP contribution in [-0.2, 0) is 16.3 Å². The summed E-state index contributed by atoms with van der Waals surface area (Å²) in [4.78, 5) is 2.21. The van der Waals surface area contributed by atoms with Gasteiger partial charge in [-0.2, -0.15) is 0 Å². The summed E-state index contributed by atoms with van der Waals surface area (Å²) < 4.78 is 23.5. The van der Waals surface area contributed by atoms with E-state index in [1.807, 2.05) is 0 Å². The van der Waals surface area contributed by atoms with Crippen molar-refractivity contribution in [3.63, 3.8) is 0 Å². The lowest BCUT2D eigenvalue weighted by Gasteiger charge is -2.26. The van der Waals surface area contributed by atoms with Gasteiger partial charge in [0.25, 0.3) is 0 Å². The van der Waals surface area contributed by atoms with Gasteiger partial charge in [0.2, 0.25) is 0 Å². The molecule has 1 aromatic rings. The van der Waals surface area contributed by atoms with E-state index < -0.39 is 9.84 Å². The highest BCUT2D eigenvalue weighted by molar-refractivity contribution is 7.91. The van der Waals surface area contributed by atoms with E-state index in [0.29, 0.717) is 18.7 Å². The van der Waals surface area contributed by atoms with E-state index in [1.54, 1.807) is 0 Å². The van der Waals surface area contributed by atoms with Gasteiger partial charge in [-0.05, 0) is 37.8 Å². The second-order valence-electron chi connectivity index (χ2n) is 6.00. The van der Waals surface area contributed by atoms with Gasteiger partial charge in [0.05, 0.1) is 11.5 Å². The Bertz CT molecular complexity index is 584. The minimum absolute atomic E-state index is 0.154. The molecule has 0 aromatic heterocycles. The molecule has 2 N–H and O–H groups in total. The number of nitrogens with two attached hydrogens (primary N) is 1. The molecule has 1 heterocycles. The van der Waals surface area contributed by atoms with Crippen LogP contribution in [0.4, 0.5) is 5.69 Å². The Morgan fingerprint density at radius 2 is 2.05 bits per heavy atom. The molecule has 0 amide bonds. The first-order valence-corrected chi connectivity index (χ1v) is 9.54. The van der Waals surface area contributed by atoms with Crippen LogP contribution in [0.15, 0.2) is 18.2 Å². The zero-order chi connectivity index (χ0) is 15.5. The van der Waals surface area contributed by atoms with Crippen molar-refractivity contribution in [2.45, 2.75) is 39.2 Å². The van der Waals surface area contributed by atoms with Crippen molar-refractivity contribution in [2.24, 2.45) is 5.73 Å². The van der Waals surface area contributed by atoms with Gasteiger partial charge in [-0.1, -0.05) is 24.6 Å². The number of rotatable bonds is 4. The van der Waals surface area contributed by atoms with E-state index in [1.165, 1.54) is 11.1 Å². The zero-order valence-corrected chi connectivity index (χ0v) is 13.8. The Labute approximate surface area is 128 Å². The third-order valence-corrected chi connectivity index (χ3v) is 5.85. The molecule has 1 aliphatic heterocycles. The van der Waals surface area contributed by atoms with Crippen LogP contribution in [0.5, 0.6) is 0 Å². The summed E-state index contributed by atoms with van der Waals surface area (Å²) in [6.07, 6.45) is 2.49. The molecule has 1 saturated heterocycles. The Balaban J connectivity index is 2.25. The summed E-state index contributed by atoms with van der Waals surface area (Å²) in [5.74, 6) is 0.555. The van der Waals surface area contributed by atoms with E-state index in [9.17, 15) is 8.42 Å². The first-order chi connectivity index (χ1) is 9.91. The van der Waals surface area contributed by atoms with Crippen molar-refractivity contribution in [1.82, 2.24) is 0 Å². The van der Waals surface area contributed by atoms with E-state index in [0.717, 1.165) is 25.1 Å². The molecule has 0 aliphatic carbocycles. The fraction of sp³-hybridized carbons (Fsp3) is 0.625. The average Bonchev–Trinajstić information content (AvgIpc) is 2.60. The smallest absolute Gasteiger partial charge is 0.152 e. The van der Waals surface area contributed by atoms with E-state index in [4.69, 9.17) is 5.73 Å². The molecular weight excluding hydrogens is 284 g/mol. The number of nitrogens with zero attached hydrogens (tertiary/aromatic N) is 1. The van der Waals surface area contributed by atoms with Crippen LogP contribution in [0, 0.1) is 6.92 Å². The number of hydrogen-bond acceptors (Lipinski definition) is 4. The Morgan fingerprint density at radius 3 is 2.76 bits per heavy atom. The maximum Gasteiger partial charge on any atom is 0.152 e. The molecule has 1 fully saturated rings. The SMILES string of the molecule is CCC(N)Cc1cc(C)ccc1N1CCCS(=O)(=O)CC1. The molecule has 0 bridgehead atoms. The van der Waals surface area contributed by atoms with Crippen LogP contribution in [0.25, 0.3) is 0 Å². The van der Waals surface area contributed by atoms with Gasteiger partial charge in [0.15, 0.2) is 9.84 Å². The topological polar surface area (TPSA) is 63.4 Å². The summed E-state index contributed by atoms with van der Waals surface area (Å²) in [7, 11) is -2.88. The third kappa shape index (κ3) is 4.45. The fourth-order valence-electron chi connectivity index (χ4n) is 2.79. The van der Waals surface area contributed by atoms with Crippen LogP contribution in [0.1, 0.15) is 30.9 Å². The lowest BCUT2D eigenvalue weighted by molar-refractivity contribution is 0.597. The third-order valence-electron chi connectivity index (χ3n) is 4.14. The molecule has 5 heteroatoms. The van der Waals surface area contributed by atoms with E-state index in [2.05, 4.69) is 36.9 Å². The Morgan fingerprint density at radius 1 is 1.29 bits per heavy atom. The molecule has 2 rings (SSSR count). The predicted octanol–water partition coefficient (Wildman–Crippen LogP) is 1.90. The van der Waals surface area contributed by atoms with Gasteiger partial charge in [0, 0.05) is 24.8 Å². The second kappa shape index (κ2) is 6.79. The van der Waals surface area contributed by atoms with Crippen molar-refractivity contribution >= 4 is 15.5 Å². The Hall–Kier alpha value is -1.07. The number of hydrogen-bond donors (Lipinski definition) is 1. The molecule has 1 atom stereocenters. The number of benzene rings is 1. The summed E-state index contributed by atoms with van der Waals surface area (Å²) in [6.45, 7) is 5.56. The first kappa shape index (κ1) is 16.3. The second-order valence-corrected chi connectivity index (χ2v) is 8.30. The van der Waals surface area contributed by atoms with Crippen molar-refractivity contribution in [1.29, 1.82) is 0 Å². The normalized spacial score (nSPS) is 20.0. The molecule has 4 nitrogen and oxygen atoms in total. The summed E-state index contributed by atoms with van der Waals surface area (Å²) in [5.41, 5.74) is 9.73. The largest absolute Gasteiger partial charge is 0.370 e. The zero-order valence-electron chi connectivity index (χ0n) is 13.0. The molecule has 1 aromatic carbocycles. The first-order valence-electron chi connectivity index (χ1n) is 7.72. The van der Waals surface area contributed by atoms with Crippen LogP contribution in [-0.4, -0.2) is 39.1 Å². The number of anilines is 1. The lowest BCUT2D eigenvalue weighted by Crippen LogP contribution is -2.29. The van der Waals surface area contributed by atoms with Gasteiger partial charge in [-0.15, -0.1) is 0 Å². The number of aryl methyl sites for hydroxylation is 1. The fourth-order valence-corrected chi connectivity index (χ4v) is 4.06. The summed E-state index contributed by atoms with van der Waals surface area (Å²) >= 11 is 0. The highest BCUT2D eigenvalue weighted by atomic mass is 32.2. The summed E-state index contributed by atoms with van der Waals surface area (Å²) in [6, 6.07) is 6.55. The van der Waals surface area contributed by atoms with Crippen LogP contribution < -0.4 is 10.6 Å². The minimum Gasteiger partial charge on any atom is -0.370 e. The highest BCUT2D eigenvalue weighted by Crippen LogP contribution is 2.25. The van der Waals surface area contributed by atoms with Gasteiger partial charge < -0.3 is 10.6 Å². The molecule has 0 saturated carbocycles. The van der Waals surface area contributed by atoms with Gasteiger partial charge >= 0.3 is 0 Å². The van der Waals surface area contributed by atoms with Crippen LogP contribution in [0.3, 0.4) is 0 Å². The van der Waals surface area contributed by atoms with Crippen LogP contribution in [0.2, 0.25) is 0 Å². The molecule has 1 aliphatic rings.